The van der Waals surface area contributed by atoms with Gasteiger partial charge in [-0.1, -0.05) is 15.9 Å². The van der Waals surface area contributed by atoms with Crippen LogP contribution in [0.25, 0.3) is 0 Å². The van der Waals surface area contributed by atoms with E-state index in [1.807, 2.05) is 25.1 Å². The number of aryl methyl sites for hydroxylation is 1. The molecule has 2 atom stereocenters. The van der Waals surface area contributed by atoms with Gasteiger partial charge in [0.2, 0.25) is 0 Å². The fourth-order valence-corrected chi connectivity index (χ4v) is 3.33. The molecule has 1 aromatic carbocycles. The van der Waals surface area contributed by atoms with E-state index in [0.717, 1.165) is 35.9 Å². The van der Waals surface area contributed by atoms with Crippen LogP contribution < -0.4 is 4.74 Å². The highest BCUT2D eigenvalue weighted by Gasteiger charge is 2.27. The molecule has 1 aliphatic heterocycles. The van der Waals surface area contributed by atoms with Crippen LogP contribution in [0.5, 0.6) is 5.75 Å². The van der Waals surface area contributed by atoms with Gasteiger partial charge in [-0.3, -0.25) is 0 Å². The first-order valence-electron chi connectivity index (χ1n) is 7.86. The van der Waals surface area contributed by atoms with E-state index in [9.17, 15) is 4.79 Å². The summed E-state index contributed by atoms with van der Waals surface area (Å²) < 4.78 is 6.89. The molecule has 1 aromatic rings. The van der Waals surface area contributed by atoms with Gasteiger partial charge < -0.3 is 14.7 Å². The smallest absolute Gasteiger partial charge is 0.407 e. The highest BCUT2D eigenvalue weighted by molar-refractivity contribution is 9.10. The van der Waals surface area contributed by atoms with Crippen LogP contribution in [-0.4, -0.2) is 35.3 Å². The summed E-state index contributed by atoms with van der Waals surface area (Å²) >= 11 is 3.48. The standard InChI is InChI=1S/C17H24BrNO3/c1-12-10-15(5-6-16(12)18)22-9-3-4-14-7-8-19(17(20)21)13(2)11-14/h5-6,10,13-14H,3-4,7-9,11H2,1-2H3,(H,20,21)/t13-,14?/m1/s1. The van der Waals surface area contributed by atoms with E-state index in [1.54, 1.807) is 4.90 Å². The lowest BCUT2D eigenvalue weighted by molar-refractivity contribution is 0.0928. The van der Waals surface area contributed by atoms with Crippen LogP contribution >= 0.6 is 15.9 Å². The maximum absolute atomic E-state index is 11.0. The highest BCUT2D eigenvalue weighted by atomic mass is 79.9. The van der Waals surface area contributed by atoms with Gasteiger partial charge >= 0.3 is 6.09 Å². The fraction of sp³-hybridized carbons (Fsp3) is 0.588. The van der Waals surface area contributed by atoms with Gasteiger partial charge in [0.25, 0.3) is 0 Å². The summed E-state index contributed by atoms with van der Waals surface area (Å²) in [4.78, 5) is 12.6. The Bertz CT molecular complexity index is 521. The predicted octanol–water partition coefficient (Wildman–Crippen LogP) is 4.70. The molecule has 2 rings (SSSR count). The number of rotatable bonds is 5. The van der Waals surface area contributed by atoms with Crippen LogP contribution in [0.2, 0.25) is 0 Å². The second-order valence-corrected chi connectivity index (χ2v) is 6.97. The Morgan fingerprint density at radius 1 is 1.50 bits per heavy atom. The van der Waals surface area contributed by atoms with Crippen LogP contribution in [0.15, 0.2) is 22.7 Å². The molecule has 1 aliphatic rings. The molecule has 22 heavy (non-hydrogen) atoms. The summed E-state index contributed by atoms with van der Waals surface area (Å²) in [7, 11) is 0. The Morgan fingerprint density at radius 3 is 2.91 bits per heavy atom. The summed E-state index contributed by atoms with van der Waals surface area (Å²) in [5.74, 6) is 1.52. The Hall–Kier alpha value is -1.23. The molecule has 1 amide bonds. The third-order valence-corrected chi connectivity index (χ3v) is 5.28. The van der Waals surface area contributed by atoms with Gasteiger partial charge in [-0.15, -0.1) is 0 Å². The molecule has 0 radical (unpaired) electrons. The van der Waals surface area contributed by atoms with E-state index in [2.05, 4.69) is 22.9 Å². The number of hydrogen-bond donors (Lipinski definition) is 1. The first-order valence-corrected chi connectivity index (χ1v) is 8.65. The second-order valence-electron chi connectivity index (χ2n) is 6.12. The average Bonchev–Trinajstić information content (AvgIpc) is 2.47. The number of carboxylic acid groups (broad SMARTS) is 1. The molecule has 1 unspecified atom stereocenters. The number of ether oxygens (including phenoxy) is 1. The normalized spacial score (nSPS) is 21.7. The van der Waals surface area contributed by atoms with Gasteiger partial charge in [0, 0.05) is 17.1 Å². The molecule has 1 heterocycles. The number of amides is 1. The molecular formula is C17H24BrNO3. The molecule has 1 fully saturated rings. The highest BCUT2D eigenvalue weighted by Crippen LogP contribution is 2.27. The van der Waals surface area contributed by atoms with Crippen molar-refractivity contribution in [3.8, 4) is 5.75 Å². The van der Waals surface area contributed by atoms with Gasteiger partial charge in [0.15, 0.2) is 0 Å². The van der Waals surface area contributed by atoms with Crippen molar-refractivity contribution < 1.29 is 14.6 Å². The summed E-state index contributed by atoms with van der Waals surface area (Å²) in [6.07, 6.45) is 3.25. The maximum Gasteiger partial charge on any atom is 0.407 e. The summed E-state index contributed by atoms with van der Waals surface area (Å²) in [6, 6.07) is 6.15. The van der Waals surface area contributed by atoms with Crippen molar-refractivity contribution in [1.82, 2.24) is 4.90 Å². The summed E-state index contributed by atoms with van der Waals surface area (Å²) in [6.45, 7) is 5.43. The SMILES string of the molecule is Cc1cc(OCCCC2CCN(C(=O)O)[C@H](C)C2)ccc1Br. The topological polar surface area (TPSA) is 49.8 Å². The minimum absolute atomic E-state index is 0.131. The van der Waals surface area contributed by atoms with E-state index < -0.39 is 6.09 Å². The fourth-order valence-electron chi connectivity index (χ4n) is 3.08. The van der Waals surface area contributed by atoms with Crippen LogP contribution in [0.3, 0.4) is 0 Å². The maximum atomic E-state index is 11.0. The lowest BCUT2D eigenvalue weighted by Crippen LogP contribution is -2.43. The molecule has 0 aliphatic carbocycles. The summed E-state index contributed by atoms with van der Waals surface area (Å²) in [5.41, 5.74) is 1.17. The van der Waals surface area contributed by atoms with Crippen molar-refractivity contribution in [1.29, 1.82) is 0 Å². The molecule has 5 heteroatoms. The first-order chi connectivity index (χ1) is 10.5. The number of nitrogens with zero attached hydrogens (tertiary/aromatic N) is 1. The zero-order valence-corrected chi connectivity index (χ0v) is 14.8. The van der Waals surface area contributed by atoms with Crippen molar-refractivity contribution >= 4 is 22.0 Å². The van der Waals surface area contributed by atoms with Crippen molar-refractivity contribution in [3.63, 3.8) is 0 Å². The van der Waals surface area contributed by atoms with Gasteiger partial charge in [-0.2, -0.15) is 0 Å². The Balaban J connectivity index is 1.69. The van der Waals surface area contributed by atoms with E-state index in [4.69, 9.17) is 9.84 Å². The molecule has 0 bridgehead atoms. The molecule has 4 nitrogen and oxygen atoms in total. The van der Waals surface area contributed by atoms with Crippen LogP contribution in [-0.2, 0) is 0 Å². The van der Waals surface area contributed by atoms with E-state index >= 15 is 0 Å². The quantitative estimate of drug-likeness (QED) is 0.765. The molecule has 1 N–H and O–H groups in total. The molecule has 0 spiro atoms. The zero-order chi connectivity index (χ0) is 16.1. The van der Waals surface area contributed by atoms with Crippen LogP contribution in [0.4, 0.5) is 4.79 Å². The number of carbonyl (C=O) groups is 1. The van der Waals surface area contributed by atoms with Crippen molar-refractivity contribution in [3.05, 3.63) is 28.2 Å². The van der Waals surface area contributed by atoms with Crippen molar-refractivity contribution in [2.24, 2.45) is 5.92 Å². The summed E-state index contributed by atoms with van der Waals surface area (Å²) in [5, 5.41) is 9.08. The molecular weight excluding hydrogens is 346 g/mol. The van der Waals surface area contributed by atoms with E-state index in [1.165, 1.54) is 5.56 Å². The second kappa shape index (κ2) is 7.86. The third kappa shape index (κ3) is 4.63. The predicted molar refractivity (Wildman–Crippen MR) is 90.5 cm³/mol. The zero-order valence-electron chi connectivity index (χ0n) is 13.2. The number of halogens is 1. The number of benzene rings is 1. The van der Waals surface area contributed by atoms with Crippen LogP contribution in [0, 0.1) is 12.8 Å². The monoisotopic (exact) mass is 369 g/mol. The average molecular weight is 370 g/mol. The minimum Gasteiger partial charge on any atom is -0.494 e. The number of likely N-dealkylation sites (tertiary alicyclic amines) is 1. The van der Waals surface area contributed by atoms with Gasteiger partial charge in [-0.05, 0) is 69.2 Å². The first kappa shape index (κ1) is 17.1. The van der Waals surface area contributed by atoms with Crippen LogP contribution in [0.1, 0.15) is 38.2 Å². The lowest BCUT2D eigenvalue weighted by atomic mass is 9.88. The van der Waals surface area contributed by atoms with Gasteiger partial charge in [-0.25, -0.2) is 4.79 Å². The molecule has 122 valence electrons. The molecule has 1 saturated heterocycles. The molecule has 0 saturated carbocycles. The third-order valence-electron chi connectivity index (χ3n) is 4.39. The van der Waals surface area contributed by atoms with Crippen molar-refractivity contribution in [2.45, 2.75) is 45.6 Å². The molecule has 0 aromatic heterocycles. The van der Waals surface area contributed by atoms with Gasteiger partial charge in [0.05, 0.1) is 6.61 Å². The Kier molecular flexibility index (Phi) is 6.12. The number of piperidine rings is 1. The largest absolute Gasteiger partial charge is 0.494 e. The van der Waals surface area contributed by atoms with Gasteiger partial charge in [0.1, 0.15) is 5.75 Å². The lowest BCUT2D eigenvalue weighted by Gasteiger charge is -2.35. The van der Waals surface area contributed by atoms with E-state index in [-0.39, 0.29) is 6.04 Å². The van der Waals surface area contributed by atoms with Crippen molar-refractivity contribution in [2.75, 3.05) is 13.2 Å². The Morgan fingerprint density at radius 2 is 2.27 bits per heavy atom. The minimum atomic E-state index is -0.792. The van der Waals surface area contributed by atoms with E-state index in [0.29, 0.717) is 19.1 Å². The number of hydrogen-bond acceptors (Lipinski definition) is 2. The Labute approximate surface area is 140 Å².